The molecule has 0 aromatic heterocycles. The molecule has 3 aliphatic rings. The third-order valence-electron chi connectivity index (χ3n) is 5.25. The summed E-state index contributed by atoms with van der Waals surface area (Å²) in [6.45, 7) is 4.95. The minimum Gasteiger partial charge on any atom is -0.0732 e. The van der Waals surface area contributed by atoms with Crippen LogP contribution in [0.2, 0.25) is 0 Å². The summed E-state index contributed by atoms with van der Waals surface area (Å²) < 4.78 is 0. The Kier molecular flexibility index (Phi) is 3.66. The van der Waals surface area contributed by atoms with Crippen LogP contribution in [0.15, 0.2) is 60.2 Å². The predicted octanol–water partition coefficient (Wildman–Crippen LogP) is 6.22. The highest BCUT2D eigenvalue weighted by Crippen LogP contribution is 2.66. The van der Waals surface area contributed by atoms with Gasteiger partial charge in [0, 0.05) is 5.92 Å². The Labute approximate surface area is 135 Å². The molecule has 1 heterocycles. The maximum absolute atomic E-state index is 2.47. The summed E-state index contributed by atoms with van der Waals surface area (Å²) in [5.41, 5.74) is 6.13. The van der Waals surface area contributed by atoms with Gasteiger partial charge in [-0.1, -0.05) is 82.5 Å². The minimum atomic E-state index is -0.0784. The number of allylic oxidation sites excluding steroid dienone is 6. The summed E-state index contributed by atoms with van der Waals surface area (Å²) >= 11 is 0. The highest BCUT2D eigenvalue weighted by molar-refractivity contribution is 7.70. The fourth-order valence-electron chi connectivity index (χ4n) is 4.11. The molecule has 1 saturated heterocycles. The average Bonchev–Trinajstić information content (AvgIpc) is 2.79. The van der Waals surface area contributed by atoms with Gasteiger partial charge in [-0.15, -0.1) is 0 Å². The van der Waals surface area contributed by atoms with Crippen LogP contribution in [0, 0.1) is 5.92 Å². The monoisotopic (exact) mass is 306 g/mol. The van der Waals surface area contributed by atoms with Gasteiger partial charge in [0.1, 0.15) is 0 Å². The molecule has 2 aliphatic carbocycles. The first kappa shape index (κ1) is 14.2. The molecule has 0 radical (unpaired) electrons. The van der Waals surface area contributed by atoms with Crippen LogP contribution >= 0.6 is 7.92 Å². The van der Waals surface area contributed by atoms with Crippen molar-refractivity contribution in [3.63, 3.8) is 0 Å². The van der Waals surface area contributed by atoms with Crippen LogP contribution in [0.25, 0.3) is 11.4 Å². The Morgan fingerprint density at radius 1 is 0.909 bits per heavy atom. The van der Waals surface area contributed by atoms with E-state index in [1.807, 2.05) is 0 Å². The first-order valence-corrected chi connectivity index (χ1v) is 9.88. The van der Waals surface area contributed by atoms with Gasteiger partial charge in [0.05, 0.1) is 0 Å². The zero-order valence-electron chi connectivity index (χ0n) is 13.4. The molecule has 1 heteroatoms. The second kappa shape index (κ2) is 5.67. The first-order chi connectivity index (χ1) is 10.8. The molecule has 22 heavy (non-hydrogen) atoms. The van der Waals surface area contributed by atoms with E-state index < -0.39 is 0 Å². The van der Waals surface area contributed by atoms with E-state index in [0.29, 0.717) is 5.92 Å². The van der Waals surface area contributed by atoms with Crippen LogP contribution in [0.5, 0.6) is 0 Å². The Morgan fingerprint density at radius 3 is 2.50 bits per heavy atom. The molecular weight excluding hydrogens is 283 g/mol. The van der Waals surface area contributed by atoms with Gasteiger partial charge in [-0.2, -0.15) is 0 Å². The number of fused-ring (bicyclic) bond motifs is 2. The van der Waals surface area contributed by atoms with E-state index in [0.717, 1.165) is 11.3 Å². The molecular formula is C21H23P. The fraction of sp³-hybridized carbons (Fsp3) is 0.333. The predicted molar refractivity (Wildman–Crippen MR) is 99.2 cm³/mol. The second-order valence-corrected chi connectivity index (χ2v) is 9.73. The van der Waals surface area contributed by atoms with Crippen LogP contribution in [0.4, 0.5) is 0 Å². The molecule has 0 nitrogen and oxygen atoms in total. The van der Waals surface area contributed by atoms with Gasteiger partial charge in [-0.25, -0.2) is 0 Å². The van der Waals surface area contributed by atoms with Crippen molar-refractivity contribution >= 4 is 19.3 Å². The molecule has 1 fully saturated rings. The van der Waals surface area contributed by atoms with Gasteiger partial charge < -0.3 is 0 Å². The van der Waals surface area contributed by atoms with Crippen LogP contribution in [-0.2, 0) is 0 Å². The van der Waals surface area contributed by atoms with E-state index in [1.165, 1.54) is 24.0 Å². The maximum Gasteiger partial charge on any atom is 0.0211 e. The molecule has 2 unspecified atom stereocenters. The van der Waals surface area contributed by atoms with Crippen molar-refractivity contribution < 1.29 is 0 Å². The van der Waals surface area contributed by atoms with Crippen LogP contribution < -0.4 is 0 Å². The van der Waals surface area contributed by atoms with E-state index in [2.05, 4.69) is 74.6 Å². The molecule has 0 spiro atoms. The molecule has 4 rings (SSSR count). The van der Waals surface area contributed by atoms with E-state index in [9.17, 15) is 0 Å². The van der Waals surface area contributed by atoms with Crippen molar-refractivity contribution in [2.75, 3.05) is 0 Å². The first-order valence-electron chi connectivity index (χ1n) is 8.40. The van der Waals surface area contributed by atoms with Crippen molar-refractivity contribution in [3.8, 4) is 0 Å². The van der Waals surface area contributed by atoms with E-state index in [1.54, 1.807) is 10.9 Å². The number of rotatable bonds is 1. The lowest BCUT2D eigenvalue weighted by Gasteiger charge is -2.29. The Hall–Kier alpha value is -1.39. The quantitative estimate of drug-likeness (QED) is 0.540. The highest BCUT2D eigenvalue weighted by atomic mass is 31.1. The lowest BCUT2D eigenvalue weighted by atomic mass is 9.94. The zero-order valence-corrected chi connectivity index (χ0v) is 14.3. The molecule has 0 bridgehead atoms. The largest absolute Gasteiger partial charge is 0.0732 e. The zero-order chi connectivity index (χ0) is 15.1. The normalized spacial score (nSPS) is 32.8. The SMILES string of the molecule is C[C@@H]1CC[C@H](C)P1C1=C2C=CC=CC2C=Cc2ccccc21. The van der Waals surface area contributed by atoms with E-state index in [4.69, 9.17) is 0 Å². The Bertz CT molecular complexity index is 694. The molecule has 1 aliphatic heterocycles. The number of hydrogen-bond acceptors (Lipinski definition) is 0. The molecule has 112 valence electrons. The summed E-state index contributed by atoms with van der Waals surface area (Å²) in [5, 5.41) is 1.68. The molecule has 0 saturated carbocycles. The van der Waals surface area contributed by atoms with Crippen molar-refractivity contribution in [1.29, 1.82) is 0 Å². The van der Waals surface area contributed by atoms with Crippen molar-refractivity contribution in [1.82, 2.24) is 0 Å². The van der Waals surface area contributed by atoms with Crippen LogP contribution in [0.3, 0.4) is 0 Å². The van der Waals surface area contributed by atoms with E-state index in [-0.39, 0.29) is 7.92 Å². The summed E-state index contributed by atoms with van der Waals surface area (Å²) in [6.07, 6.45) is 16.6. The maximum atomic E-state index is 2.47. The third kappa shape index (κ3) is 2.25. The molecule has 0 N–H and O–H groups in total. The lowest BCUT2D eigenvalue weighted by molar-refractivity contribution is 0.777. The Balaban J connectivity index is 1.96. The van der Waals surface area contributed by atoms with Gasteiger partial charge in [0.15, 0.2) is 0 Å². The van der Waals surface area contributed by atoms with Gasteiger partial charge in [-0.05, 0) is 46.2 Å². The second-order valence-electron chi connectivity index (χ2n) is 6.70. The average molecular weight is 306 g/mol. The van der Waals surface area contributed by atoms with Gasteiger partial charge in [0.25, 0.3) is 0 Å². The Morgan fingerprint density at radius 2 is 1.68 bits per heavy atom. The summed E-state index contributed by atoms with van der Waals surface area (Å²) in [4.78, 5) is 0. The van der Waals surface area contributed by atoms with Gasteiger partial charge >= 0.3 is 0 Å². The molecule has 0 amide bonds. The highest BCUT2D eigenvalue weighted by Gasteiger charge is 2.36. The minimum absolute atomic E-state index is 0.0784. The van der Waals surface area contributed by atoms with Crippen molar-refractivity contribution in [2.45, 2.75) is 38.0 Å². The summed E-state index contributed by atoms with van der Waals surface area (Å²) in [7, 11) is -0.0784. The third-order valence-corrected chi connectivity index (χ3v) is 8.68. The number of benzene rings is 1. The van der Waals surface area contributed by atoms with Crippen molar-refractivity contribution in [3.05, 3.63) is 71.3 Å². The van der Waals surface area contributed by atoms with Crippen molar-refractivity contribution in [2.24, 2.45) is 5.92 Å². The standard InChI is InChI=1S/C21H23P/c1-15-11-12-16(2)22(15)21-19-9-5-3-7-17(19)13-14-18-8-4-6-10-20(18)21/h3-10,13-17H,11-12H2,1-2H3/t15-,16+,17?,22?. The van der Waals surface area contributed by atoms with Gasteiger partial charge in [0.2, 0.25) is 0 Å². The van der Waals surface area contributed by atoms with Gasteiger partial charge in [-0.3, -0.25) is 0 Å². The smallest absolute Gasteiger partial charge is 0.0211 e. The summed E-state index contributed by atoms with van der Waals surface area (Å²) in [6, 6.07) is 8.99. The van der Waals surface area contributed by atoms with Crippen LogP contribution in [0.1, 0.15) is 37.8 Å². The van der Waals surface area contributed by atoms with E-state index >= 15 is 0 Å². The molecule has 4 atom stereocenters. The molecule has 1 aromatic carbocycles. The molecule has 1 aromatic rings. The fourth-order valence-corrected chi connectivity index (χ4v) is 7.72. The lowest BCUT2D eigenvalue weighted by Crippen LogP contribution is -2.06. The van der Waals surface area contributed by atoms with Crippen LogP contribution in [-0.4, -0.2) is 11.3 Å². The summed E-state index contributed by atoms with van der Waals surface area (Å²) in [5.74, 6) is 0.454. The topological polar surface area (TPSA) is 0 Å². The number of hydrogen-bond donors (Lipinski definition) is 0.